The van der Waals surface area contributed by atoms with Gasteiger partial charge in [0.2, 0.25) is 0 Å². The first kappa shape index (κ1) is 20.8. The molecule has 1 amide bonds. The third-order valence-electron chi connectivity index (χ3n) is 6.16. The highest BCUT2D eigenvalue weighted by Crippen LogP contribution is 2.43. The zero-order chi connectivity index (χ0) is 21.3. The number of halogens is 3. The summed E-state index contributed by atoms with van der Waals surface area (Å²) in [6.07, 6.45) is 0.668. The van der Waals surface area contributed by atoms with Gasteiger partial charge in [0.1, 0.15) is 17.5 Å². The Bertz CT molecular complexity index is 1120. The van der Waals surface area contributed by atoms with Gasteiger partial charge in [0.15, 0.2) is 5.65 Å². The Labute approximate surface area is 200 Å². The largest absolute Gasteiger partial charge is 0.379 e. The number of piperazine rings is 1. The van der Waals surface area contributed by atoms with Crippen LogP contribution in [0.4, 0.5) is 15.8 Å². The van der Waals surface area contributed by atoms with Crippen LogP contribution >= 0.6 is 45.7 Å². The monoisotopic (exact) mass is 639 g/mol. The van der Waals surface area contributed by atoms with E-state index in [1.54, 1.807) is 11.8 Å². The normalized spacial score (nSPS) is 27.0. The van der Waals surface area contributed by atoms with Crippen LogP contribution in [0.3, 0.4) is 0 Å². The molecular formula is C19H20FI2N5O3. The van der Waals surface area contributed by atoms with Gasteiger partial charge in [-0.3, -0.25) is 14.5 Å². The lowest BCUT2D eigenvalue weighted by Gasteiger charge is -2.50. The third-order valence-corrected chi connectivity index (χ3v) is 8.40. The van der Waals surface area contributed by atoms with Crippen molar-refractivity contribution in [2.45, 2.75) is 38.4 Å². The highest BCUT2D eigenvalue weighted by atomic mass is 127. The first-order valence-corrected chi connectivity index (χ1v) is 11.7. The molecule has 5 rings (SSSR count). The summed E-state index contributed by atoms with van der Waals surface area (Å²) < 4.78 is 23.7. The molecule has 0 radical (unpaired) electrons. The fraction of sp³-hybridized carbons (Fsp3) is 0.526. The van der Waals surface area contributed by atoms with Gasteiger partial charge in [-0.2, -0.15) is 0 Å². The van der Waals surface area contributed by atoms with E-state index >= 15 is 0 Å². The zero-order valence-electron chi connectivity index (χ0n) is 16.4. The Hall–Kier alpha value is -1.06. The quantitative estimate of drug-likeness (QED) is 0.353. The van der Waals surface area contributed by atoms with E-state index in [1.807, 2.05) is 27.8 Å². The van der Waals surface area contributed by atoms with Gasteiger partial charge >= 0.3 is 0 Å². The first-order valence-electron chi connectivity index (χ1n) is 9.81. The number of carbonyl (C=O) groups is 1. The fourth-order valence-corrected chi connectivity index (χ4v) is 5.73. The molecular weight excluding hydrogens is 619 g/mol. The minimum atomic E-state index is -0.441. The van der Waals surface area contributed by atoms with Crippen molar-refractivity contribution < 1.29 is 13.9 Å². The predicted molar refractivity (Wildman–Crippen MR) is 128 cm³/mol. The van der Waals surface area contributed by atoms with E-state index in [1.165, 1.54) is 8.85 Å². The molecule has 160 valence electrons. The molecule has 0 aliphatic carbocycles. The summed E-state index contributed by atoms with van der Waals surface area (Å²) in [5, 5.41) is 0.553. The number of hydrogen-bond acceptors (Lipinski definition) is 6. The smallest absolute Gasteiger partial charge is 0.287 e. The minimum absolute atomic E-state index is 0.0973. The number of carbonyl (C=O) groups excluding carboxylic acids is 1. The van der Waals surface area contributed by atoms with Crippen molar-refractivity contribution in [1.82, 2.24) is 10.9 Å². The standard InChI is InChI=1S/C19H20FI2N5O3/c1-9-6-24-14(7-25(9)21)18(28)26(11-3-4-30-8-11)16-15(24)12-5-13(20)10(2)23-17(12)27(22)19(16)29/h5,9,11,14H,3-4,6-8H2,1-2H3. The van der Waals surface area contributed by atoms with Gasteiger partial charge in [0.25, 0.3) is 11.5 Å². The second-order valence-corrected chi connectivity index (χ2v) is 10.2. The van der Waals surface area contributed by atoms with Gasteiger partial charge in [-0.15, -0.1) is 0 Å². The van der Waals surface area contributed by atoms with Gasteiger partial charge in [-0.05, 0) is 26.3 Å². The van der Waals surface area contributed by atoms with Crippen molar-refractivity contribution in [2.24, 2.45) is 0 Å². The number of amides is 1. The molecule has 11 heteroatoms. The predicted octanol–water partition coefficient (Wildman–Crippen LogP) is 2.41. The number of rotatable bonds is 1. The van der Waals surface area contributed by atoms with E-state index < -0.39 is 11.9 Å². The van der Waals surface area contributed by atoms with Gasteiger partial charge in [-0.1, -0.05) is 0 Å². The van der Waals surface area contributed by atoms with Crippen LogP contribution in [0, 0.1) is 12.7 Å². The van der Waals surface area contributed by atoms with E-state index in [0.717, 1.165) is 0 Å². The number of hydrogen-bond donors (Lipinski definition) is 0. The first-order chi connectivity index (χ1) is 14.3. The Morgan fingerprint density at radius 2 is 2.00 bits per heavy atom. The average molecular weight is 639 g/mol. The molecule has 2 aromatic rings. The topological polar surface area (TPSA) is 70.9 Å². The van der Waals surface area contributed by atoms with E-state index in [0.29, 0.717) is 55.1 Å². The number of fused-ring (bicyclic) bond motifs is 5. The van der Waals surface area contributed by atoms with Crippen LogP contribution in [0.25, 0.3) is 11.0 Å². The van der Waals surface area contributed by atoms with Crippen molar-refractivity contribution in [3.8, 4) is 0 Å². The van der Waals surface area contributed by atoms with Crippen molar-refractivity contribution in [3.05, 3.63) is 27.9 Å². The van der Waals surface area contributed by atoms with E-state index in [4.69, 9.17) is 4.74 Å². The van der Waals surface area contributed by atoms with Crippen LogP contribution in [0.2, 0.25) is 0 Å². The molecule has 3 unspecified atom stereocenters. The molecule has 30 heavy (non-hydrogen) atoms. The maximum absolute atomic E-state index is 14.6. The van der Waals surface area contributed by atoms with Crippen LogP contribution in [-0.4, -0.2) is 61.2 Å². The molecule has 0 aromatic carbocycles. The number of aryl methyl sites for hydroxylation is 1. The van der Waals surface area contributed by atoms with Crippen LogP contribution in [0.1, 0.15) is 19.0 Å². The van der Waals surface area contributed by atoms with Crippen LogP contribution in [0.5, 0.6) is 0 Å². The number of anilines is 2. The van der Waals surface area contributed by atoms with Crippen LogP contribution in [0.15, 0.2) is 10.9 Å². The van der Waals surface area contributed by atoms with Gasteiger partial charge in [-0.25, -0.2) is 15.3 Å². The number of aromatic nitrogens is 2. The Morgan fingerprint density at radius 3 is 2.70 bits per heavy atom. The fourth-order valence-electron chi connectivity index (χ4n) is 4.58. The summed E-state index contributed by atoms with van der Waals surface area (Å²) in [6, 6.07) is 0.972. The maximum atomic E-state index is 14.6. The van der Waals surface area contributed by atoms with Crippen molar-refractivity contribution in [3.63, 3.8) is 0 Å². The third kappa shape index (κ3) is 2.98. The molecule has 0 saturated carbocycles. The van der Waals surface area contributed by atoms with E-state index in [9.17, 15) is 14.0 Å². The summed E-state index contributed by atoms with van der Waals surface area (Å²) in [7, 11) is 0. The molecule has 0 spiro atoms. The molecule has 2 aromatic heterocycles. The summed E-state index contributed by atoms with van der Waals surface area (Å²) >= 11 is 4.14. The minimum Gasteiger partial charge on any atom is -0.379 e. The maximum Gasteiger partial charge on any atom is 0.287 e. The molecule has 0 bridgehead atoms. The second-order valence-electron chi connectivity index (χ2n) is 8.04. The number of nitrogens with zero attached hydrogens (tertiary/aromatic N) is 5. The molecule has 3 aliphatic heterocycles. The van der Waals surface area contributed by atoms with Gasteiger partial charge in [0.05, 0.1) is 46.9 Å². The van der Waals surface area contributed by atoms with Crippen LogP contribution in [-0.2, 0) is 9.53 Å². The lowest BCUT2D eigenvalue weighted by atomic mass is 9.98. The lowest BCUT2D eigenvalue weighted by molar-refractivity contribution is -0.121. The van der Waals surface area contributed by atoms with Gasteiger partial charge < -0.3 is 9.64 Å². The molecule has 2 saturated heterocycles. The van der Waals surface area contributed by atoms with E-state index in [2.05, 4.69) is 37.9 Å². The SMILES string of the molecule is Cc1nc2c(cc1F)c1c(c(=O)n2I)N(C2CCOC2)C(=O)C2CN(I)C(C)CN12. The average Bonchev–Trinajstić information content (AvgIpc) is 3.23. The van der Waals surface area contributed by atoms with Gasteiger partial charge in [0, 0.05) is 54.0 Å². The second kappa shape index (κ2) is 7.52. The van der Waals surface area contributed by atoms with Crippen molar-refractivity contribution in [2.75, 3.05) is 36.1 Å². The van der Waals surface area contributed by atoms with E-state index in [-0.39, 0.29) is 29.2 Å². The lowest BCUT2D eigenvalue weighted by Crippen LogP contribution is -2.65. The molecule has 3 atom stereocenters. The summed E-state index contributed by atoms with van der Waals surface area (Å²) in [5.74, 6) is -0.524. The number of ether oxygens (including phenoxy) is 1. The summed E-state index contributed by atoms with van der Waals surface area (Å²) in [4.78, 5) is 35.1. The molecule has 8 nitrogen and oxygen atoms in total. The Morgan fingerprint density at radius 1 is 1.23 bits per heavy atom. The highest BCUT2D eigenvalue weighted by molar-refractivity contribution is 14.1. The molecule has 5 heterocycles. The highest BCUT2D eigenvalue weighted by Gasteiger charge is 2.48. The summed E-state index contributed by atoms with van der Waals surface area (Å²) in [6.45, 7) is 5.70. The number of pyridine rings is 2. The van der Waals surface area contributed by atoms with Crippen molar-refractivity contribution in [1.29, 1.82) is 0 Å². The Balaban J connectivity index is 1.85. The molecule has 0 N–H and O–H groups in total. The summed E-state index contributed by atoms with van der Waals surface area (Å²) in [5.41, 5.74) is 1.27. The van der Waals surface area contributed by atoms with Crippen LogP contribution < -0.4 is 15.4 Å². The Kier molecular flexibility index (Phi) is 5.22. The zero-order valence-corrected chi connectivity index (χ0v) is 20.8. The molecule has 3 aliphatic rings. The molecule has 2 fully saturated rings. The van der Waals surface area contributed by atoms with Crippen molar-refractivity contribution >= 4 is 74.0 Å².